The third kappa shape index (κ3) is 18500. The standard InChI is InChI=1S/H4O4S/c1-5(2,3)4/h5H,(H3,1,2,3,4). The molecule has 0 saturated carbocycles. The van der Waals surface area contributed by atoms with E-state index in [1.165, 1.54) is 0 Å². The van der Waals surface area contributed by atoms with Crippen LogP contribution in [0.1, 0.15) is 0 Å². The predicted molar refractivity (Wildman–Crippen MR) is 17.4 cm³/mol. The molecule has 0 fully saturated rings. The molecule has 0 rings (SSSR count). The van der Waals surface area contributed by atoms with Crippen molar-refractivity contribution in [2.24, 2.45) is 0 Å². The van der Waals surface area contributed by atoms with Gasteiger partial charge >= 0.3 is 0 Å². The highest BCUT2D eigenvalue weighted by atomic mass is 32.3. The average Bonchev–Trinajstić information content (AvgIpc) is 0.722. The van der Waals surface area contributed by atoms with Crippen molar-refractivity contribution in [1.82, 2.24) is 0 Å². The molecule has 0 saturated heterocycles. The molecule has 5 heavy (non-hydrogen) atoms. The van der Waals surface area contributed by atoms with Crippen LogP contribution in [0.15, 0.2) is 0 Å². The van der Waals surface area contributed by atoms with Crippen LogP contribution in [-0.2, 0) is 10.8 Å². The van der Waals surface area contributed by atoms with Gasteiger partial charge in [-0.25, -0.2) is 4.21 Å². The minimum Gasteiger partial charge on any atom is -0.291 e. The first-order chi connectivity index (χ1) is 2.00. The minimum atomic E-state index is -4.64. The topological polar surface area (TPSA) is 77.8 Å². The van der Waals surface area contributed by atoms with Gasteiger partial charge in [0.25, 0.3) is 0 Å². The van der Waals surface area contributed by atoms with Crippen LogP contribution < -0.4 is 0 Å². The molecule has 0 amide bonds. The van der Waals surface area contributed by atoms with E-state index in [0.717, 1.165) is 0 Å². The van der Waals surface area contributed by atoms with E-state index in [0.29, 0.717) is 0 Å². The number of hydrogen-bond acceptors (Lipinski definition) is 1. The normalized spacial score (nSPS) is 15.0. The molecule has 0 atom stereocenters. The van der Waals surface area contributed by atoms with E-state index >= 15 is 0 Å². The molecule has 0 aliphatic heterocycles. The van der Waals surface area contributed by atoms with Crippen LogP contribution in [0.25, 0.3) is 0 Å². The molecule has 3 N–H and O–H groups in total. The second-order valence-corrected chi connectivity index (χ2v) is 1.54. The molecular weight excluding hydrogens is 96.1 g/mol. The highest BCUT2D eigenvalue weighted by Gasteiger charge is 1.83. The predicted octanol–water partition coefficient (Wildman–Crippen LogP) is -0.578. The number of rotatable bonds is 0. The maximum Gasteiger partial charge on any atom is 0.176 e. The SMILES string of the molecule is O=[SH](O)(O)O. The Labute approximate surface area is 29.7 Å². The van der Waals surface area contributed by atoms with Gasteiger partial charge in [0.1, 0.15) is 0 Å². The van der Waals surface area contributed by atoms with Gasteiger partial charge in [-0.2, -0.15) is 0 Å². The van der Waals surface area contributed by atoms with E-state index in [1.807, 2.05) is 0 Å². The molecule has 0 aromatic rings. The fraction of sp³-hybridized carbons (Fsp3) is 0. The Hall–Kier alpha value is 0.0300. The van der Waals surface area contributed by atoms with Gasteiger partial charge in [-0.1, -0.05) is 0 Å². The molecule has 0 bridgehead atoms. The number of thiol groups is 1. The third-order valence-corrected chi connectivity index (χ3v) is 0. The van der Waals surface area contributed by atoms with Crippen molar-refractivity contribution in [2.45, 2.75) is 0 Å². The smallest absolute Gasteiger partial charge is 0.176 e. The fourth-order valence-corrected chi connectivity index (χ4v) is 0. The summed E-state index contributed by atoms with van der Waals surface area (Å²) in [4.78, 5) is 0. The Bertz CT molecular complexity index is 49.8. The Morgan fingerprint density at radius 2 is 1.20 bits per heavy atom. The molecule has 5 heteroatoms. The van der Waals surface area contributed by atoms with Crippen molar-refractivity contribution >= 4 is 10.8 Å². The van der Waals surface area contributed by atoms with Gasteiger partial charge in [-0.05, 0) is 0 Å². The molecule has 4 nitrogen and oxygen atoms in total. The van der Waals surface area contributed by atoms with Crippen LogP contribution in [0.3, 0.4) is 0 Å². The van der Waals surface area contributed by atoms with Crippen molar-refractivity contribution in [2.75, 3.05) is 0 Å². The van der Waals surface area contributed by atoms with E-state index in [2.05, 4.69) is 0 Å². The summed E-state index contributed by atoms with van der Waals surface area (Å²) in [5.41, 5.74) is 0. The Morgan fingerprint density at radius 3 is 1.20 bits per heavy atom. The highest BCUT2D eigenvalue weighted by Crippen LogP contribution is 1.73. The lowest BCUT2D eigenvalue weighted by Crippen LogP contribution is -2.02. The summed E-state index contributed by atoms with van der Waals surface area (Å²) in [6.07, 6.45) is 0. The van der Waals surface area contributed by atoms with E-state index in [1.54, 1.807) is 0 Å². The molecule has 0 aliphatic carbocycles. The second kappa shape index (κ2) is 1.02. The Morgan fingerprint density at radius 1 is 1.20 bits per heavy atom. The zero-order valence-corrected chi connectivity index (χ0v) is 3.09. The lowest BCUT2D eigenvalue weighted by molar-refractivity contribution is 0.323. The maximum absolute atomic E-state index is 8.88. The average molecular weight is 100 g/mol. The van der Waals surface area contributed by atoms with Crippen molar-refractivity contribution in [1.29, 1.82) is 0 Å². The monoisotopic (exact) mass is 100.0 g/mol. The lowest BCUT2D eigenvalue weighted by atomic mass is 15.8. The maximum atomic E-state index is 8.88. The van der Waals surface area contributed by atoms with E-state index in [9.17, 15) is 0 Å². The second-order valence-electron chi connectivity index (χ2n) is 0.513. The van der Waals surface area contributed by atoms with Crippen molar-refractivity contribution in [3.05, 3.63) is 0 Å². The molecule has 0 aromatic heterocycles. The van der Waals surface area contributed by atoms with Crippen LogP contribution in [0.4, 0.5) is 0 Å². The molecular formula is H4O4S. The Kier molecular flexibility index (Phi) is 1.02. The first-order valence-corrected chi connectivity index (χ1v) is 2.35. The molecule has 34 valence electrons. The van der Waals surface area contributed by atoms with Crippen molar-refractivity contribution in [3.63, 3.8) is 0 Å². The van der Waals surface area contributed by atoms with Gasteiger partial charge in [0, 0.05) is 0 Å². The summed E-state index contributed by atoms with van der Waals surface area (Å²) in [7, 11) is -4.64. The fourth-order valence-electron chi connectivity index (χ4n) is 0. The highest BCUT2D eigenvalue weighted by molar-refractivity contribution is 7.86. The molecule has 0 heterocycles. The Balaban J connectivity index is 3.47. The lowest BCUT2D eigenvalue weighted by Gasteiger charge is -1.93. The van der Waals surface area contributed by atoms with E-state index in [-0.39, 0.29) is 0 Å². The summed E-state index contributed by atoms with van der Waals surface area (Å²) >= 11 is 0. The first-order valence-electron chi connectivity index (χ1n) is 0.783. The summed E-state index contributed by atoms with van der Waals surface area (Å²) in [5.74, 6) is 0. The quantitative estimate of drug-likeness (QED) is 0.307. The minimum absolute atomic E-state index is 4.64. The van der Waals surface area contributed by atoms with Crippen molar-refractivity contribution in [3.8, 4) is 0 Å². The summed E-state index contributed by atoms with van der Waals surface area (Å²) < 4.78 is 30.4. The van der Waals surface area contributed by atoms with E-state index < -0.39 is 10.8 Å². The van der Waals surface area contributed by atoms with Crippen molar-refractivity contribution < 1.29 is 17.9 Å². The third-order valence-electron chi connectivity index (χ3n) is 0. The zero-order valence-electron chi connectivity index (χ0n) is 2.20. The zero-order chi connectivity index (χ0) is 4.50. The van der Waals surface area contributed by atoms with Gasteiger partial charge in [0.2, 0.25) is 0 Å². The van der Waals surface area contributed by atoms with Crippen LogP contribution in [0.5, 0.6) is 0 Å². The first kappa shape index (κ1) is 5.03. The summed E-state index contributed by atoms with van der Waals surface area (Å²) in [5, 5.41) is 0. The van der Waals surface area contributed by atoms with Gasteiger partial charge in [-0.3, -0.25) is 13.7 Å². The summed E-state index contributed by atoms with van der Waals surface area (Å²) in [6, 6.07) is 0. The van der Waals surface area contributed by atoms with Gasteiger partial charge < -0.3 is 0 Å². The molecule has 0 unspecified atom stereocenters. The largest absolute Gasteiger partial charge is 0.291 e. The van der Waals surface area contributed by atoms with Crippen LogP contribution in [0, 0.1) is 0 Å². The molecule has 0 spiro atoms. The summed E-state index contributed by atoms with van der Waals surface area (Å²) in [6.45, 7) is 0. The van der Waals surface area contributed by atoms with Gasteiger partial charge in [0.05, 0.1) is 0 Å². The van der Waals surface area contributed by atoms with E-state index in [4.69, 9.17) is 17.9 Å². The van der Waals surface area contributed by atoms with Gasteiger partial charge in [-0.15, -0.1) is 0 Å². The van der Waals surface area contributed by atoms with Crippen LogP contribution in [0.2, 0.25) is 0 Å². The molecule has 0 aliphatic rings. The van der Waals surface area contributed by atoms with Crippen LogP contribution in [-0.4, -0.2) is 17.9 Å². The molecule has 0 aromatic carbocycles. The van der Waals surface area contributed by atoms with Crippen LogP contribution >= 0.6 is 0 Å². The number of hydrogen-bond donors (Lipinski definition) is 4. The molecule has 0 radical (unpaired) electrons. The van der Waals surface area contributed by atoms with Gasteiger partial charge in [0.15, 0.2) is 10.8 Å².